The van der Waals surface area contributed by atoms with Crippen LogP contribution in [0.5, 0.6) is 0 Å². The normalized spacial score (nSPS) is 24.1. The number of aliphatic imine (C=N–C) groups is 1. The topological polar surface area (TPSA) is 45.1 Å². The van der Waals surface area contributed by atoms with Crippen molar-refractivity contribution in [3.63, 3.8) is 0 Å². The molecule has 5 heteroatoms. The van der Waals surface area contributed by atoms with E-state index in [9.17, 15) is 4.79 Å². The Balaban J connectivity index is 1.66. The third kappa shape index (κ3) is 3.60. The third-order valence-corrected chi connectivity index (χ3v) is 5.47. The lowest BCUT2D eigenvalue weighted by Crippen LogP contribution is -2.50. The van der Waals surface area contributed by atoms with Crippen molar-refractivity contribution in [2.24, 2.45) is 4.99 Å². The number of hydrogen-bond acceptors (Lipinski definition) is 4. The van der Waals surface area contributed by atoms with Crippen molar-refractivity contribution in [1.29, 1.82) is 0 Å². The van der Waals surface area contributed by atoms with Crippen molar-refractivity contribution in [2.45, 2.75) is 39.9 Å². The highest BCUT2D eigenvalue weighted by molar-refractivity contribution is 6.54. The van der Waals surface area contributed by atoms with Gasteiger partial charge in [0.25, 0.3) is 5.91 Å². The van der Waals surface area contributed by atoms with Gasteiger partial charge in [0.1, 0.15) is 5.71 Å². The number of carbonyl (C=O) groups excluding carboxylic acids is 1. The molecule has 146 valence electrons. The summed E-state index contributed by atoms with van der Waals surface area (Å²) in [7, 11) is 0. The van der Waals surface area contributed by atoms with E-state index in [1.807, 2.05) is 47.4 Å². The van der Waals surface area contributed by atoms with Gasteiger partial charge >= 0.3 is 0 Å². The Morgan fingerprint density at radius 2 is 1.75 bits per heavy atom. The van der Waals surface area contributed by atoms with E-state index in [0.717, 1.165) is 30.0 Å². The average molecular weight is 377 g/mol. The van der Waals surface area contributed by atoms with E-state index in [1.54, 1.807) is 0 Å². The number of anilines is 1. The van der Waals surface area contributed by atoms with Gasteiger partial charge in [-0.3, -0.25) is 14.6 Å². The lowest BCUT2D eigenvalue weighted by Gasteiger charge is -2.37. The largest absolute Gasteiger partial charge is 0.373 e. The van der Waals surface area contributed by atoms with Gasteiger partial charge in [0.15, 0.2) is 0 Å². The molecule has 2 atom stereocenters. The SMILES string of the molecule is Cc1ccc(N=C2C(=O)N(CN3CC(C)OC(C)C3)c3ccccc32)cc1C. The van der Waals surface area contributed by atoms with Crippen molar-refractivity contribution in [2.75, 3.05) is 24.7 Å². The quantitative estimate of drug-likeness (QED) is 0.816. The van der Waals surface area contributed by atoms with E-state index in [0.29, 0.717) is 12.4 Å². The molecule has 28 heavy (non-hydrogen) atoms. The second-order valence-electron chi connectivity index (χ2n) is 7.91. The number of ether oxygens (including phenoxy) is 1. The molecule has 1 saturated heterocycles. The fourth-order valence-electron chi connectivity index (χ4n) is 4.03. The summed E-state index contributed by atoms with van der Waals surface area (Å²) in [5.41, 5.74) is 5.57. The highest BCUT2D eigenvalue weighted by Gasteiger charge is 2.35. The first-order valence-corrected chi connectivity index (χ1v) is 9.87. The zero-order chi connectivity index (χ0) is 19.8. The number of nitrogens with zero attached hydrogens (tertiary/aromatic N) is 3. The van der Waals surface area contributed by atoms with Crippen LogP contribution < -0.4 is 4.90 Å². The molecular weight excluding hydrogens is 350 g/mol. The van der Waals surface area contributed by atoms with Gasteiger partial charge in [0, 0.05) is 18.7 Å². The van der Waals surface area contributed by atoms with E-state index in [-0.39, 0.29) is 18.1 Å². The Morgan fingerprint density at radius 3 is 2.46 bits per heavy atom. The number of benzene rings is 2. The molecule has 1 fully saturated rings. The van der Waals surface area contributed by atoms with Crippen LogP contribution in [-0.2, 0) is 9.53 Å². The zero-order valence-electron chi connectivity index (χ0n) is 17.0. The minimum absolute atomic E-state index is 0.0359. The molecular formula is C23H27N3O2. The van der Waals surface area contributed by atoms with Crippen molar-refractivity contribution in [3.8, 4) is 0 Å². The van der Waals surface area contributed by atoms with Crippen LogP contribution in [0.25, 0.3) is 0 Å². The van der Waals surface area contributed by atoms with Gasteiger partial charge in [-0.2, -0.15) is 0 Å². The molecule has 1 amide bonds. The van der Waals surface area contributed by atoms with Crippen LogP contribution in [0, 0.1) is 13.8 Å². The predicted octanol–water partition coefficient (Wildman–Crippen LogP) is 3.84. The van der Waals surface area contributed by atoms with Gasteiger partial charge < -0.3 is 4.74 Å². The fraction of sp³-hybridized carbons (Fsp3) is 0.391. The molecule has 0 aromatic heterocycles. The van der Waals surface area contributed by atoms with E-state index in [1.165, 1.54) is 11.1 Å². The molecule has 2 aromatic rings. The molecule has 0 aliphatic carbocycles. The molecule has 0 bridgehead atoms. The Hall–Kier alpha value is -2.50. The number of rotatable bonds is 3. The zero-order valence-corrected chi connectivity index (χ0v) is 17.0. The average Bonchev–Trinajstić information content (AvgIpc) is 2.90. The van der Waals surface area contributed by atoms with Crippen LogP contribution in [0.1, 0.15) is 30.5 Å². The summed E-state index contributed by atoms with van der Waals surface area (Å²) in [6, 6.07) is 14.0. The van der Waals surface area contributed by atoms with Crippen LogP contribution in [0.3, 0.4) is 0 Å². The van der Waals surface area contributed by atoms with E-state index >= 15 is 0 Å². The number of aryl methyl sites for hydroxylation is 2. The van der Waals surface area contributed by atoms with Crippen LogP contribution in [0.2, 0.25) is 0 Å². The Labute approximate surface area is 166 Å². The van der Waals surface area contributed by atoms with Crippen LogP contribution in [-0.4, -0.2) is 48.5 Å². The van der Waals surface area contributed by atoms with E-state index in [4.69, 9.17) is 9.73 Å². The molecule has 2 aliphatic heterocycles. The van der Waals surface area contributed by atoms with Gasteiger partial charge in [-0.25, -0.2) is 4.99 Å². The Morgan fingerprint density at radius 1 is 1.04 bits per heavy atom. The van der Waals surface area contributed by atoms with Gasteiger partial charge in [0.2, 0.25) is 0 Å². The van der Waals surface area contributed by atoms with Gasteiger partial charge in [-0.05, 0) is 57.0 Å². The Kier molecular flexibility index (Phi) is 5.04. The van der Waals surface area contributed by atoms with Crippen molar-refractivity contribution in [1.82, 2.24) is 4.90 Å². The molecule has 0 radical (unpaired) electrons. The highest BCUT2D eigenvalue weighted by atomic mass is 16.5. The molecule has 2 aliphatic rings. The third-order valence-electron chi connectivity index (χ3n) is 5.47. The van der Waals surface area contributed by atoms with Gasteiger partial charge in [-0.1, -0.05) is 24.3 Å². The van der Waals surface area contributed by atoms with Crippen LogP contribution >= 0.6 is 0 Å². The van der Waals surface area contributed by atoms with Gasteiger partial charge in [-0.15, -0.1) is 0 Å². The van der Waals surface area contributed by atoms with Crippen molar-refractivity contribution in [3.05, 3.63) is 59.2 Å². The molecule has 0 N–H and O–H groups in total. The predicted molar refractivity (Wildman–Crippen MR) is 112 cm³/mol. The van der Waals surface area contributed by atoms with E-state index < -0.39 is 0 Å². The van der Waals surface area contributed by atoms with Gasteiger partial charge in [0.05, 0.1) is 30.3 Å². The van der Waals surface area contributed by atoms with Crippen molar-refractivity contribution < 1.29 is 9.53 Å². The first kappa shape index (κ1) is 18.8. The maximum Gasteiger partial charge on any atom is 0.278 e. The summed E-state index contributed by atoms with van der Waals surface area (Å²) < 4.78 is 5.83. The Bertz CT molecular complexity index is 927. The second-order valence-corrected chi connectivity index (χ2v) is 7.91. The maximum atomic E-state index is 13.3. The molecule has 0 saturated carbocycles. The molecule has 0 spiro atoms. The molecule has 2 heterocycles. The molecule has 5 nitrogen and oxygen atoms in total. The summed E-state index contributed by atoms with van der Waals surface area (Å²) in [5, 5.41) is 0. The number of hydrogen-bond donors (Lipinski definition) is 0. The van der Waals surface area contributed by atoms with Crippen LogP contribution in [0.4, 0.5) is 11.4 Å². The minimum atomic E-state index is -0.0359. The second kappa shape index (κ2) is 7.49. The van der Waals surface area contributed by atoms with Crippen molar-refractivity contribution >= 4 is 23.0 Å². The first-order valence-electron chi connectivity index (χ1n) is 9.87. The smallest absolute Gasteiger partial charge is 0.278 e. The minimum Gasteiger partial charge on any atom is -0.373 e. The maximum absolute atomic E-state index is 13.3. The number of amides is 1. The number of morpholine rings is 1. The summed E-state index contributed by atoms with van der Waals surface area (Å²) in [5.74, 6) is -0.0359. The number of fused-ring (bicyclic) bond motifs is 1. The standard InChI is InChI=1S/C23H27N3O2/c1-15-9-10-19(11-16(15)2)24-22-20-7-5-6-8-21(20)26(23(22)27)14-25-12-17(3)28-18(4)13-25/h5-11,17-18H,12-14H2,1-4H3. The fourth-order valence-corrected chi connectivity index (χ4v) is 4.03. The lowest BCUT2D eigenvalue weighted by molar-refractivity contribution is -0.113. The highest BCUT2D eigenvalue weighted by Crippen LogP contribution is 2.31. The summed E-state index contributed by atoms with van der Waals surface area (Å²) in [6.45, 7) is 10.5. The van der Waals surface area contributed by atoms with E-state index in [2.05, 4.69) is 32.6 Å². The molecule has 2 unspecified atom stereocenters. The first-order chi connectivity index (χ1) is 13.4. The number of para-hydroxylation sites is 1. The lowest BCUT2D eigenvalue weighted by atomic mass is 10.1. The molecule has 4 rings (SSSR count). The summed E-state index contributed by atoms with van der Waals surface area (Å²) in [6.07, 6.45) is 0.334. The number of carbonyl (C=O) groups is 1. The monoisotopic (exact) mass is 377 g/mol. The molecule has 2 aromatic carbocycles. The van der Waals surface area contributed by atoms with Crippen LogP contribution in [0.15, 0.2) is 47.5 Å². The summed E-state index contributed by atoms with van der Waals surface area (Å²) >= 11 is 0. The summed E-state index contributed by atoms with van der Waals surface area (Å²) in [4.78, 5) is 22.2.